The summed E-state index contributed by atoms with van der Waals surface area (Å²) in [4.78, 5) is 6.52. The number of likely N-dealkylation sites (tertiary alicyclic amines) is 1. The van der Waals surface area contributed by atoms with Gasteiger partial charge in [-0.05, 0) is 170 Å². The molecule has 5 nitrogen and oxygen atoms in total. The van der Waals surface area contributed by atoms with Crippen LogP contribution in [0.25, 0.3) is 0 Å². The molecule has 3 aliphatic heterocycles. The Morgan fingerprint density at radius 2 is 0.940 bits per heavy atom. The van der Waals surface area contributed by atoms with Gasteiger partial charge in [0.25, 0.3) is 0 Å². The van der Waals surface area contributed by atoms with Crippen LogP contribution in [0, 0.1) is 41.4 Å². The molecule has 6 aliphatic carbocycles. The van der Waals surface area contributed by atoms with Crippen molar-refractivity contribution in [2.75, 3.05) is 26.2 Å². The van der Waals surface area contributed by atoms with Crippen molar-refractivity contribution >= 4 is 0 Å². The first-order valence-electron chi connectivity index (χ1n) is 23.5. The van der Waals surface area contributed by atoms with Crippen molar-refractivity contribution in [3.63, 3.8) is 0 Å². The number of nitrogens with zero attached hydrogens (tertiary/aromatic N) is 2. The first-order valence-corrected chi connectivity index (χ1v) is 23.5. The molecule has 5 unspecified atom stereocenters. The van der Waals surface area contributed by atoms with E-state index in [2.05, 4.69) is 25.8 Å². The van der Waals surface area contributed by atoms with E-state index in [0.717, 1.165) is 77.7 Å². The van der Waals surface area contributed by atoms with Crippen LogP contribution in [0.5, 0.6) is 0 Å². The quantitative estimate of drug-likeness (QED) is 0.249. The van der Waals surface area contributed by atoms with E-state index in [1.54, 1.807) is 12.8 Å². The van der Waals surface area contributed by atoms with Crippen molar-refractivity contribution in [3.8, 4) is 0 Å². The van der Waals surface area contributed by atoms with Gasteiger partial charge in [0.1, 0.15) is 0 Å². The van der Waals surface area contributed by atoms with Crippen LogP contribution in [0.4, 0.5) is 0 Å². The molecule has 5 heteroatoms. The number of piperidine rings is 1. The molecular formula is C45H79N5. The maximum Gasteiger partial charge on any atom is 0.0600 e. The van der Waals surface area contributed by atoms with Crippen LogP contribution < -0.4 is 16.0 Å². The van der Waals surface area contributed by atoms with Crippen LogP contribution in [0.3, 0.4) is 0 Å². The number of hydrogen-bond acceptors (Lipinski definition) is 5. The average Bonchev–Trinajstić information content (AvgIpc) is 3.53. The monoisotopic (exact) mass is 690 g/mol. The third-order valence-corrected chi connectivity index (χ3v) is 17.7. The van der Waals surface area contributed by atoms with Crippen LogP contribution in [-0.2, 0) is 0 Å². The minimum Gasteiger partial charge on any atom is -0.316 e. The first-order chi connectivity index (χ1) is 24.8. The molecule has 9 aliphatic rings. The van der Waals surface area contributed by atoms with E-state index in [9.17, 15) is 0 Å². The van der Waals surface area contributed by atoms with Crippen molar-refractivity contribution in [2.24, 2.45) is 41.4 Å². The van der Waals surface area contributed by atoms with Crippen LogP contribution in [0.2, 0.25) is 0 Å². The summed E-state index contributed by atoms with van der Waals surface area (Å²) in [5, 5.41) is 11.9. The number of nitrogens with one attached hydrogen (secondary N) is 3. The maximum atomic E-state index is 4.00. The minimum absolute atomic E-state index is 0.608. The van der Waals surface area contributed by atoms with Gasteiger partial charge in [-0.3, -0.25) is 9.80 Å². The van der Waals surface area contributed by atoms with Gasteiger partial charge < -0.3 is 16.0 Å². The lowest BCUT2D eigenvalue weighted by molar-refractivity contribution is -0.00835. The Balaban J connectivity index is 0.783. The van der Waals surface area contributed by atoms with E-state index in [1.807, 2.05) is 0 Å². The van der Waals surface area contributed by atoms with Gasteiger partial charge >= 0.3 is 0 Å². The van der Waals surface area contributed by atoms with Crippen molar-refractivity contribution in [2.45, 2.75) is 216 Å². The number of hydrogen-bond donors (Lipinski definition) is 3. The molecule has 9 fully saturated rings. The summed E-state index contributed by atoms with van der Waals surface area (Å²) in [5.74, 6) is 6.67. The lowest BCUT2D eigenvalue weighted by atomic mass is 9.67. The van der Waals surface area contributed by atoms with E-state index in [1.165, 1.54) is 187 Å². The third-order valence-electron chi connectivity index (χ3n) is 17.7. The molecule has 0 aromatic carbocycles. The topological polar surface area (TPSA) is 42.6 Å². The predicted molar refractivity (Wildman–Crippen MR) is 208 cm³/mol. The maximum absolute atomic E-state index is 4.00. The van der Waals surface area contributed by atoms with Crippen LogP contribution >= 0.6 is 0 Å². The highest BCUT2D eigenvalue weighted by atomic mass is 15.3. The van der Waals surface area contributed by atoms with Crippen molar-refractivity contribution in [1.82, 2.24) is 25.8 Å². The van der Waals surface area contributed by atoms with E-state index in [0.29, 0.717) is 6.17 Å². The highest BCUT2D eigenvalue weighted by molar-refractivity contribution is 5.09. The number of fused-ring (bicyclic) bond motifs is 3. The van der Waals surface area contributed by atoms with Crippen molar-refractivity contribution in [1.29, 1.82) is 0 Å². The molecule has 0 aromatic heterocycles. The van der Waals surface area contributed by atoms with Gasteiger partial charge in [0.15, 0.2) is 0 Å². The molecule has 0 bridgehead atoms. The largest absolute Gasteiger partial charge is 0.316 e. The molecular weight excluding hydrogens is 611 g/mol. The normalized spacial score (nSPS) is 44.9. The lowest BCUT2D eigenvalue weighted by Crippen LogP contribution is -2.57. The first kappa shape index (κ1) is 35.5. The van der Waals surface area contributed by atoms with Gasteiger partial charge in [-0.15, -0.1) is 0 Å². The smallest absolute Gasteiger partial charge is 0.0600 e. The summed E-state index contributed by atoms with van der Waals surface area (Å²) in [6.07, 6.45) is 41.0. The Kier molecular flexibility index (Phi) is 11.8. The molecule has 5 atom stereocenters. The standard InChI is InChI=1S/C45H79N5/c1-4-10-35(11-5-1)45-47-29-36(30-48-45)34-18-16-32(17-19-34)33-20-22-39(23-21-33)50-43-25-24-40(28-41(43)42-31-46-27-26-44(42)50)49(37-12-6-2-7-13-37)38-14-8-3-9-15-38/h32-48H,1-31H2. The molecule has 3 N–H and O–H groups in total. The zero-order valence-electron chi connectivity index (χ0n) is 32.4. The van der Waals surface area contributed by atoms with E-state index in [4.69, 9.17) is 0 Å². The fourth-order valence-corrected chi connectivity index (χ4v) is 15.2. The van der Waals surface area contributed by atoms with Gasteiger partial charge in [0.2, 0.25) is 0 Å². The summed E-state index contributed by atoms with van der Waals surface area (Å²) in [5.41, 5.74) is 0. The molecule has 3 saturated heterocycles. The average molecular weight is 690 g/mol. The van der Waals surface area contributed by atoms with Gasteiger partial charge in [0, 0.05) is 49.3 Å². The van der Waals surface area contributed by atoms with Gasteiger partial charge in [-0.25, -0.2) is 0 Å². The van der Waals surface area contributed by atoms with E-state index in [-0.39, 0.29) is 0 Å². The Labute approximate surface area is 308 Å². The fraction of sp³-hybridized carbons (Fsp3) is 1.00. The summed E-state index contributed by atoms with van der Waals surface area (Å²) >= 11 is 0. The van der Waals surface area contributed by atoms with Gasteiger partial charge in [-0.2, -0.15) is 0 Å². The fourth-order valence-electron chi connectivity index (χ4n) is 15.2. The summed E-state index contributed by atoms with van der Waals surface area (Å²) in [6.45, 7) is 5.14. The zero-order chi connectivity index (χ0) is 33.3. The van der Waals surface area contributed by atoms with Gasteiger partial charge in [0.05, 0.1) is 6.17 Å². The molecule has 0 radical (unpaired) electrons. The zero-order valence-corrected chi connectivity index (χ0v) is 32.4. The van der Waals surface area contributed by atoms with E-state index < -0.39 is 0 Å². The van der Waals surface area contributed by atoms with Gasteiger partial charge in [-0.1, -0.05) is 57.8 Å². The second-order valence-corrected chi connectivity index (χ2v) is 20.1. The Morgan fingerprint density at radius 1 is 0.400 bits per heavy atom. The second kappa shape index (κ2) is 16.7. The highest BCUT2D eigenvalue weighted by Gasteiger charge is 2.54. The lowest BCUT2D eigenvalue weighted by Gasteiger charge is -2.50. The Hall–Kier alpha value is -0.200. The van der Waals surface area contributed by atoms with Crippen LogP contribution in [0.15, 0.2) is 0 Å². The molecule has 0 aromatic rings. The SMILES string of the molecule is C1CCC(C2NCC(C3CCC(C4CCC(N5C6CCNCC6C6CC(N(C7CCCCC7)C7CCCCC7)CCC65)CC4)CC3)CN2)CC1. The molecule has 3 heterocycles. The molecule has 50 heavy (non-hydrogen) atoms. The summed E-state index contributed by atoms with van der Waals surface area (Å²) < 4.78 is 0. The van der Waals surface area contributed by atoms with Crippen LogP contribution in [0.1, 0.15) is 173 Å². The second-order valence-electron chi connectivity index (χ2n) is 20.1. The predicted octanol–water partition coefficient (Wildman–Crippen LogP) is 8.87. The molecule has 6 saturated carbocycles. The van der Waals surface area contributed by atoms with E-state index >= 15 is 0 Å². The van der Waals surface area contributed by atoms with Crippen molar-refractivity contribution < 1.29 is 0 Å². The third kappa shape index (κ3) is 7.54. The Morgan fingerprint density at radius 3 is 1.56 bits per heavy atom. The van der Waals surface area contributed by atoms with Crippen molar-refractivity contribution in [3.05, 3.63) is 0 Å². The highest BCUT2D eigenvalue weighted by Crippen LogP contribution is 2.51. The summed E-state index contributed by atoms with van der Waals surface area (Å²) in [6, 6.07) is 5.37. The molecule has 0 amide bonds. The molecule has 9 rings (SSSR count). The minimum atomic E-state index is 0.608. The molecule has 284 valence electrons. The van der Waals surface area contributed by atoms with Crippen LogP contribution in [-0.4, -0.2) is 78.4 Å². The molecule has 0 spiro atoms. The summed E-state index contributed by atoms with van der Waals surface area (Å²) in [7, 11) is 0. The Bertz CT molecular complexity index is 1010. The number of rotatable bonds is 7.